The predicted octanol–water partition coefficient (Wildman–Crippen LogP) is 2.66. The number of rotatable bonds is 5. The molecule has 1 saturated heterocycles. The van der Waals surface area contributed by atoms with E-state index in [4.69, 9.17) is 0 Å². The highest BCUT2D eigenvalue weighted by Crippen LogP contribution is 2.41. The summed E-state index contributed by atoms with van der Waals surface area (Å²) in [6.07, 6.45) is 8.11. The summed E-state index contributed by atoms with van der Waals surface area (Å²) in [5, 5.41) is 7.87. The van der Waals surface area contributed by atoms with Gasteiger partial charge in [0.1, 0.15) is 0 Å². The third-order valence-electron chi connectivity index (χ3n) is 5.07. The quantitative estimate of drug-likeness (QED) is 0.920. The van der Waals surface area contributed by atoms with Gasteiger partial charge in [0, 0.05) is 25.8 Å². The van der Waals surface area contributed by atoms with Gasteiger partial charge in [0.15, 0.2) is 0 Å². The SMILES string of the molecule is Cn1cc(N2CCC[C@@H](N[C@H](c3ccccc3)C3CC3)C2=O)cn1. The number of nitrogens with one attached hydrogen (secondary N) is 1. The van der Waals surface area contributed by atoms with Gasteiger partial charge >= 0.3 is 0 Å². The van der Waals surface area contributed by atoms with Crippen LogP contribution in [0.3, 0.4) is 0 Å². The lowest BCUT2D eigenvalue weighted by Crippen LogP contribution is -2.52. The highest BCUT2D eigenvalue weighted by molar-refractivity contribution is 5.97. The fraction of sp³-hybridized carbons (Fsp3) is 0.474. The molecule has 2 aromatic rings. The Morgan fingerprint density at radius 2 is 2.00 bits per heavy atom. The van der Waals surface area contributed by atoms with Crippen molar-refractivity contribution in [2.45, 2.75) is 37.8 Å². The Bertz CT molecular complexity index is 707. The fourth-order valence-corrected chi connectivity index (χ4v) is 3.65. The van der Waals surface area contributed by atoms with Crippen molar-refractivity contribution in [1.82, 2.24) is 15.1 Å². The average molecular weight is 324 g/mol. The van der Waals surface area contributed by atoms with Crippen LogP contribution < -0.4 is 10.2 Å². The summed E-state index contributed by atoms with van der Waals surface area (Å²) in [4.78, 5) is 14.8. The molecule has 1 saturated carbocycles. The molecule has 5 nitrogen and oxygen atoms in total. The normalized spacial score (nSPS) is 22.6. The number of aryl methyl sites for hydroxylation is 1. The van der Waals surface area contributed by atoms with Gasteiger partial charge in [0.05, 0.1) is 17.9 Å². The van der Waals surface area contributed by atoms with Gasteiger partial charge in [-0.2, -0.15) is 5.10 Å². The molecule has 1 amide bonds. The molecule has 0 unspecified atom stereocenters. The van der Waals surface area contributed by atoms with Gasteiger partial charge in [-0.25, -0.2) is 0 Å². The molecule has 5 heteroatoms. The first-order chi connectivity index (χ1) is 11.7. The number of amides is 1. The van der Waals surface area contributed by atoms with Crippen molar-refractivity contribution in [2.24, 2.45) is 13.0 Å². The Morgan fingerprint density at radius 3 is 2.67 bits per heavy atom. The summed E-state index contributed by atoms with van der Waals surface area (Å²) in [7, 11) is 1.88. The number of carbonyl (C=O) groups is 1. The Balaban J connectivity index is 1.51. The van der Waals surface area contributed by atoms with E-state index in [9.17, 15) is 4.79 Å². The molecule has 2 atom stereocenters. The number of carbonyl (C=O) groups excluding carboxylic acids is 1. The molecule has 2 fully saturated rings. The minimum Gasteiger partial charge on any atom is -0.308 e. The molecule has 24 heavy (non-hydrogen) atoms. The minimum atomic E-state index is -0.107. The molecule has 0 radical (unpaired) electrons. The molecule has 1 aromatic carbocycles. The topological polar surface area (TPSA) is 50.2 Å². The fourth-order valence-electron chi connectivity index (χ4n) is 3.65. The van der Waals surface area contributed by atoms with Crippen molar-refractivity contribution in [1.29, 1.82) is 0 Å². The number of aromatic nitrogens is 2. The van der Waals surface area contributed by atoms with Crippen molar-refractivity contribution < 1.29 is 4.79 Å². The van der Waals surface area contributed by atoms with Crippen molar-refractivity contribution >= 4 is 11.6 Å². The molecule has 1 N–H and O–H groups in total. The van der Waals surface area contributed by atoms with Crippen LogP contribution >= 0.6 is 0 Å². The number of hydrogen-bond acceptors (Lipinski definition) is 3. The molecule has 1 aromatic heterocycles. The van der Waals surface area contributed by atoms with Crippen molar-refractivity contribution in [3.8, 4) is 0 Å². The van der Waals surface area contributed by atoms with Gasteiger partial charge in [0.25, 0.3) is 0 Å². The molecule has 0 spiro atoms. The summed E-state index contributed by atoms with van der Waals surface area (Å²) >= 11 is 0. The lowest BCUT2D eigenvalue weighted by atomic mass is 9.98. The van der Waals surface area contributed by atoms with E-state index >= 15 is 0 Å². The van der Waals surface area contributed by atoms with E-state index in [1.165, 1.54) is 18.4 Å². The molecule has 4 rings (SSSR count). The summed E-state index contributed by atoms with van der Waals surface area (Å²) < 4.78 is 1.75. The molecule has 1 aliphatic carbocycles. The van der Waals surface area contributed by atoms with Crippen LogP contribution in [0.5, 0.6) is 0 Å². The summed E-state index contributed by atoms with van der Waals surface area (Å²) in [5.74, 6) is 0.838. The lowest BCUT2D eigenvalue weighted by Gasteiger charge is -2.34. The zero-order chi connectivity index (χ0) is 16.5. The van der Waals surface area contributed by atoms with E-state index in [2.05, 4.69) is 34.7 Å². The zero-order valence-electron chi connectivity index (χ0n) is 14.1. The second-order valence-corrected chi connectivity index (χ2v) is 6.95. The molecule has 1 aliphatic heterocycles. The third-order valence-corrected chi connectivity index (χ3v) is 5.07. The maximum atomic E-state index is 13.0. The lowest BCUT2D eigenvalue weighted by molar-refractivity contribution is -0.122. The van der Waals surface area contributed by atoms with Crippen molar-refractivity contribution in [2.75, 3.05) is 11.4 Å². The Labute approximate surface area is 142 Å². The molecular formula is C19H24N4O. The summed E-state index contributed by atoms with van der Waals surface area (Å²) in [5.41, 5.74) is 2.20. The highest BCUT2D eigenvalue weighted by Gasteiger charge is 2.37. The third kappa shape index (κ3) is 3.08. The van der Waals surface area contributed by atoms with E-state index in [1.54, 1.807) is 10.9 Å². The van der Waals surface area contributed by atoms with Crippen LogP contribution in [-0.4, -0.2) is 28.3 Å². The van der Waals surface area contributed by atoms with Crippen molar-refractivity contribution in [3.05, 3.63) is 48.3 Å². The first-order valence-corrected chi connectivity index (χ1v) is 8.83. The maximum Gasteiger partial charge on any atom is 0.244 e. The van der Waals surface area contributed by atoms with Gasteiger partial charge in [-0.3, -0.25) is 14.8 Å². The minimum absolute atomic E-state index is 0.107. The van der Waals surface area contributed by atoms with Crippen LogP contribution in [0.25, 0.3) is 0 Å². The largest absolute Gasteiger partial charge is 0.308 e. The van der Waals surface area contributed by atoms with E-state index in [-0.39, 0.29) is 18.0 Å². The van der Waals surface area contributed by atoms with Gasteiger partial charge < -0.3 is 4.90 Å². The van der Waals surface area contributed by atoms with Gasteiger partial charge in [-0.1, -0.05) is 30.3 Å². The van der Waals surface area contributed by atoms with E-state index in [0.29, 0.717) is 5.92 Å². The standard InChI is InChI=1S/C19H24N4O/c1-22-13-16(12-20-22)23-11-5-8-17(19(23)24)21-18(15-9-10-15)14-6-3-2-4-7-14/h2-4,6-7,12-13,15,17-18,21H,5,8-11H2,1H3/t17-,18-/m1/s1. The maximum absolute atomic E-state index is 13.0. The zero-order valence-corrected chi connectivity index (χ0v) is 14.1. The monoisotopic (exact) mass is 324 g/mol. The van der Waals surface area contributed by atoms with E-state index < -0.39 is 0 Å². The van der Waals surface area contributed by atoms with Crippen LogP contribution in [0.4, 0.5) is 5.69 Å². The number of benzene rings is 1. The molecule has 2 heterocycles. The predicted molar refractivity (Wildman–Crippen MR) is 93.6 cm³/mol. The number of piperidine rings is 1. The molecule has 126 valence electrons. The first-order valence-electron chi connectivity index (χ1n) is 8.83. The van der Waals surface area contributed by atoms with E-state index in [0.717, 1.165) is 25.1 Å². The smallest absolute Gasteiger partial charge is 0.244 e. The second kappa shape index (κ2) is 6.40. The van der Waals surface area contributed by atoms with Crippen LogP contribution in [0, 0.1) is 5.92 Å². The van der Waals surface area contributed by atoms with Crippen molar-refractivity contribution in [3.63, 3.8) is 0 Å². The highest BCUT2D eigenvalue weighted by atomic mass is 16.2. The van der Waals surface area contributed by atoms with Crippen LogP contribution in [0.1, 0.15) is 37.3 Å². The summed E-state index contributed by atoms with van der Waals surface area (Å²) in [6.45, 7) is 0.780. The summed E-state index contributed by atoms with van der Waals surface area (Å²) in [6, 6.07) is 10.7. The van der Waals surface area contributed by atoms with Gasteiger partial charge in [-0.15, -0.1) is 0 Å². The van der Waals surface area contributed by atoms with Gasteiger partial charge in [-0.05, 0) is 37.2 Å². The van der Waals surface area contributed by atoms with Crippen LogP contribution in [0.15, 0.2) is 42.7 Å². The second-order valence-electron chi connectivity index (χ2n) is 6.95. The molecule has 2 aliphatic rings. The Hall–Kier alpha value is -2.14. The average Bonchev–Trinajstić information content (AvgIpc) is 3.35. The molecular weight excluding hydrogens is 300 g/mol. The Morgan fingerprint density at radius 1 is 1.21 bits per heavy atom. The van der Waals surface area contributed by atoms with Crippen LogP contribution in [0.2, 0.25) is 0 Å². The van der Waals surface area contributed by atoms with Crippen LogP contribution in [-0.2, 0) is 11.8 Å². The molecule has 0 bridgehead atoms. The van der Waals surface area contributed by atoms with E-state index in [1.807, 2.05) is 24.2 Å². The number of hydrogen-bond donors (Lipinski definition) is 1. The number of anilines is 1. The first kappa shape index (κ1) is 15.4. The Kier molecular flexibility index (Phi) is 4.10. The number of nitrogens with zero attached hydrogens (tertiary/aromatic N) is 3. The van der Waals surface area contributed by atoms with Gasteiger partial charge in [0.2, 0.25) is 5.91 Å².